The number of sulfonamides is 1. The molecule has 3 aromatic rings. The number of carbonyl (C=O) groups excluding carboxylic acids is 2. The highest BCUT2D eigenvalue weighted by atomic mass is 35.5. The first kappa shape index (κ1) is 32.3. The number of ether oxygens (including phenoxy) is 1. The molecule has 10 heteroatoms. The highest BCUT2D eigenvalue weighted by molar-refractivity contribution is 7.88. The number of benzene rings is 3. The Bertz CT molecular complexity index is 1340. The van der Waals surface area contributed by atoms with Crippen molar-refractivity contribution in [2.75, 3.05) is 32.6 Å². The van der Waals surface area contributed by atoms with Crippen LogP contribution in [-0.2, 0) is 43.9 Å². The zero-order chi connectivity index (χ0) is 29.7. The van der Waals surface area contributed by atoms with Crippen LogP contribution in [0.1, 0.15) is 30.0 Å². The van der Waals surface area contributed by atoms with Crippen LogP contribution in [0.25, 0.3) is 0 Å². The summed E-state index contributed by atoms with van der Waals surface area (Å²) in [6.45, 7) is 3.12. The van der Waals surface area contributed by atoms with Crippen LogP contribution >= 0.6 is 11.6 Å². The van der Waals surface area contributed by atoms with Gasteiger partial charge in [-0.2, -0.15) is 4.31 Å². The lowest BCUT2D eigenvalue weighted by Gasteiger charge is -2.33. The molecule has 0 aliphatic carbocycles. The van der Waals surface area contributed by atoms with Crippen LogP contribution in [0, 0.1) is 0 Å². The summed E-state index contributed by atoms with van der Waals surface area (Å²) in [6.07, 6.45) is 1.97. The minimum Gasteiger partial charge on any atom is -0.382 e. The van der Waals surface area contributed by atoms with Gasteiger partial charge >= 0.3 is 0 Å². The quantitative estimate of drug-likeness (QED) is 0.248. The van der Waals surface area contributed by atoms with Gasteiger partial charge in [-0.05, 0) is 42.2 Å². The summed E-state index contributed by atoms with van der Waals surface area (Å²) in [5.74, 6) is -0.798. The summed E-state index contributed by atoms with van der Waals surface area (Å²) < 4.78 is 32.0. The second kappa shape index (κ2) is 16.3. The Kier molecular flexibility index (Phi) is 12.8. The molecule has 0 radical (unpaired) electrons. The number of nitrogens with zero attached hydrogens (tertiary/aromatic N) is 2. The minimum atomic E-state index is -3.74. The molecule has 0 fully saturated rings. The lowest BCUT2D eigenvalue weighted by Crippen LogP contribution is -2.53. The van der Waals surface area contributed by atoms with E-state index >= 15 is 0 Å². The van der Waals surface area contributed by atoms with Crippen molar-refractivity contribution in [1.29, 1.82) is 0 Å². The fourth-order valence-electron chi connectivity index (χ4n) is 4.31. The maximum absolute atomic E-state index is 14.0. The Labute approximate surface area is 248 Å². The molecule has 0 aromatic heterocycles. The van der Waals surface area contributed by atoms with Gasteiger partial charge in [0.05, 0.1) is 12.8 Å². The maximum atomic E-state index is 14.0. The van der Waals surface area contributed by atoms with Crippen LogP contribution in [-0.4, -0.2) is 68.0 Å². The summed E-state index contributed by atoms with van der Waals surface area (Å²) in [5.41, 5.74) is 2.39. The van der Waals surface area contributed by atoms with Gasteiger partial charge in [-0.25, -0.2) is 8.42 Å². The average Bonchev–Trinajstić information content (AvgIpc) is 2.96. The Morgan fingerprint density at radius 2 is 1.46 bits per heavy atom. The first-order chi connectivity index (χ1) is 19.7. The molecular weight excluding hydrogens is 562 g/mol. The molecule has 2 amide bonds. The van der Waals surface area contributed by atoms with Gasteiger partial charge in [-0.1, -0.05) is 84.4 Å². The van der Waals surface area contributed by atoms with Crippen molar-refractivity contribution in [2.24, 2.45) is 0 Å². The molecule has 0 bridgehead atoms. The van der Waals surface area contributed by atoms with E-state index < -0.39 is 28.5 Å². The molecular formula is C31H38ClN3O5S. The number of carbonyl (C=O) groups is 2. The SMILES string of the molecule is CCOCCCNC(=O)[C@@H](Cc1ccccc1)N(Cc1ccc(Cl)cc1)C(=O)CN(Cc1ccccc1)S(C)(=O)=O. The van der Waals surface area contributed by atoms with Crippen molar-refractivity contribution < 1.29 is 22.7 Å². The van der Waals surface area contributed by atoms with Crippen LogP contribution < -0.4 is 5.32 Å². The van der Waals surface area contributed by atoms with E-state index in [4.69, 9.17) is 16.3 Å². The van der Waals surface area contributed by atoms with Gasteiger partial charge in [0.1, 0.15) is 6.04 Å². The Morgan fingerprint density at radius 3 is 2.05 bits per heavy atom. The van der Waals surface area contributed by atoms with E-state index in [-0.39, 0.29) is 25.4 Å². The monoisotopic (exact) mass is 599 g/mol. The smallest absolute Gasteiger partial charge is 0.243 e. The van der Waals surface area contributed by atoms with E-state index in [1.165, 1.54) is 4.90 Å². The second-order valence-corrected chi connectivity index (χ2v) is 12.1. The van der Waals surface area contributed by atoms with E-state index in [9.17, 15) is 18.0 Å². The fraction of sp³-hybridized carbons (Fsp3) is 0.355. The molecule has 0 aliphatic rings. The van der Waals surface area contributed by atoms with Gasteiger partial charge in [-0.3, -0.25) is 9.59 Å². The fourth-order valence-corrected chi connectivity index (χ4v) is 5.16. The molecule has 1 N–H and O–H groups in total. The highest BCUT2D eigenvalue weighted by Gasteiger charge is 2.32. The van der Waals surface area contributed by atoms with Crippen molar-refractivity contribution >= 4 is 33.4 Å². The van der Waals surface area contributed by atoms with Gasteiger partial charge in [0.15, 0.2) is 0 Å². The maximum Gasteiger partial charge on any atom is 0.243 e. The van der Waals surface area contributed by atoms with Crippen LogP contribution in [0.3, 0.4) is 0 Å². The zero-order valence-electron chi connectivity index (χ0n) is 23.5. The normalized spacial score (nSPS) is 12.2. The lowest BCUT2D eigenvalue weighted by atomic mass is 10.0. The Hall–Kier alpha value is -3.24. The first-order valence-electron chi connectivity index (χ1n) is 13.6. The van der Waals surface area contributed by atoms with Crippen molar-refractivity contribution in [3.05, 3.63) is 107 Å². The summed E-state index contributed by atoms with van der Waals surface area (Å²) in [4.78, 5) is 29.1. The molecule has 0 unspecified atom stereocenters. The first-order valence-corrected chi connectivity index (χ1v) is 15.8. The minimum absolute atomic E-state index is 0.0349. The average molecular weight is 600 g/mol. The van der Waals surface area contributed by atoms with Gasteiger partial charge in [0.2, 0.25) is 21.8 Å². The number of hydrogen-bond donors (Lipinski definition) is 1. The van der Waals surface area contributed by atoms with Crippen molar-refractivity contribution in [1.82, 2.24) is 14.5 Å². The zero-order valence-corrected chi connectivity index (χ0v) is 25.1. The molecule has 0 heterocycles. The van der Waals surface area contributed by atoms with E-state index in [1.54, 1.807) is 24.3 Å². The molecule has 0 saturated carbocycles. The summed E-state index contributed by atoms with van der Waals surface area (Å²) in [5, 5.41) is 3.50. The van der Waals surface area contributed by atoms with Crippen molar-refractivity contribution in [3.63, 3.8) is 0 Å². The van der Waals surface area contributed by atoms with E-state index in [0.29, 0.717) is 31.2 Å². The van der Waals surface area contributed by atoms with E-state index in [0.717, 1.165) is 27.3 Å². The number of nitrogens with one attached hydrogen (secondary N) is 1. The Morgan fingerprint density at radius 1 is 0.878 bits per heavy atom. The van der Waals surface area contributed by atoms with Gasteiger partial charge in [0, 0.05) is 44.3 Å². The number of hydrogen-bond acceptors (Lipinski definition) is 5. The molecule has 0 spiro atoms. The van der Waals surface area contributed by atoms with Gasteiger partial charge in [-0.15, -0.1) is 0 Å². The third kappa shape index (κ3) is 10.9. The second-order valence-electron chi connectivity index (χ2n) is 9.71. The summed E-state index contributed by atoms with van der Waals surface area (Å²) in [7, 11) is -3.74. The molecule has 0 saturated heterocycles. The number of amides is 2. The summed E-state index contributed by atoms with van der Waals surface area (Å²) in [6, 6.07) is 24.7. The molecule has 3 rings (SSSR count). The lowest BCUT2D eigenvalue weighted by molar-refractivity contribution is -0.141. The third-order valence-electron chi connectivity index (χ3n) is 6.49. The van der Waals surface area contributed by atoms with Crippen LogP contribution in [0.15, 0.2) is 84.9 Å². The number of rotatable bonds is 16. The standard InChI is InChI=1S/C31H38ClN3O5S/c1-3-40-20-10-19-33-31(37)29(21-25-11-6-4-7-12-25)35(23-27-15-17-28(32)18-16-27)30(36)24-34(41(2,38)39)22-26-13-8-5-9-14-26/h4-9,11-18,29H,3,10,19-24H2,1-2H3,(H,33,37)/t29-/m1/s1. The molecule has 0 aliphatic heterocycles. The number of halogens is 1. The molecule has 8 nitrogen and oxygen atoms in total. The third-order valence-corrected chi connectivity index (χ3v) is 7.94. The molecule has 220 valence electrons. The molecule has 1 atom stereocenters. The Balaban J connectivity index is 1.94. The van der Waals surface area contributed by atoms with Crippen LogP contribution in [0.5, 0.6) is 0 Å². The van der Waals surface area contributed by atoms with Gasteiger partial charge < -0.3 is 15.0 Å². The largest absolute Gasteiger partial charge is 0.382 e. The molecule has 3 aromatic carbocycles. The van der Waals surface area contributed by atoms with E-state index in [1.807, 2.05) is 67.6 Å². The highest BCUT2D eigenvalue weighted by Crippen LogP contribution is 2.18. The van der Waals surface area contributed by atoms with E-state index in [2.05, 4.69) is 5.32 Å². The topological polar surface area (TPSA) is 96.0 Å². The molecule has 41 heavy (non-hydrogen) atoms. The predicted octanol–water partition coefficient (Wildman–Crippen LogP) is 4.28. The van der Waals surface area contributed by atoms with Crippen LogP contribution in [0.2, 0.25) is 5.02 Å². The van der Waals surface area contributed by atoms with Crippen molar-refractivity contribution in [3.8, 4) is 0 Å². The van der Waals surface area contributed by atoms with Crippen LogP contribution in [0.4, 0.5) is 0 Å². The van der Waals surface area contributed by atoms with Gasteiger partial charge in [0.25, 0.3) is 0 Å². The summed E-state index contributed by atoms with van der Waals surface area (Å²) >= 11 is 6.09. The van der Waals surface area contributed by atoms with Crippen molar-refractivity contribution in [2.45, 2.75) is 38.9 Å². The predicted molar refractivity (Wildman–Crippen MR) is 162 cm³/mol.